The highest BCUT2D eigenvalue weighted by molar-refractivity contribution is 6.16. The zero-order valence-corrected chi connectivity index (χ0v) is 14.6. The van der Waals surface area contributed by atoms with Crippen LogP contribution in [0.15, 0.2) is 67.0 Å². The van der Waals surface area contributed by atoms with Gasteiger partial charge in [0.1, 0.15) is 11.5 Å². The lowest BCUT2D eigenvalue weighted by molar-refractivity contribution is 0.104. The van der Waals surface area contributed by atoms with Crippen LogP contribution < -0.4 is 11.1 Å². The second kappa shape index (κ2) is 6.96. The molecule has 0 saturated carbocycles. The number of pyridine rings is 1. The normalized spacial score (nSPS) is 10.8. The van der Waals surface area contributed by atoms with E-state index in [1.54, 1.807) is 48.8 Å². The van der Waals surface area contributed by atoms with Crippen molar-refractivity contribution in [1.29, 1.82) is 0 Å². The minimum Gasteiger partial charge on any atom is -0.351 e. The Labute approximate surface area is 159 Å². The van der Waals surface area contributed by atoms with Crippen LogP contribution >= 0.6 is 0 Å². The van der Waals surface area contributed by atoms with Gasteiger partial charge in [0.2, 0.25) is 0 Å². The molecule has 2 aromatic carbocycles. The Balaban J connectivity index is 1.74. The standard InChI is InChI=1S/C21H15FN4O2/c22-15-6-4-12(5-7-15)14-9-17-18(11-25-20(17)24-10-14)19(27)13-2-1-3-16(8-13)26-21(23)28/h1-11H,(H,24,25)(H3,23,26,28). The predicted octanol–water partition coefficient (Wildman–Crippen LogP) is 4.09. The summed E-state index contributed by atoms with van der Waals surface area (Å²) in [6.45, 7) is 0. The second-order valence-corrected chi connectivity index (χ2v) is 6.23. The third-order valence-electron chi connectivity index (χ3n) is 4.35. The Morgan fingerprint density at radius 3 is 2.57 bits per heavy atom. The average molecular weight is 374 g/mol. The van der Waals surface area contributed by atoms with Gasteiger partial charge in [-0.15, -0.1) is 0 Å². The summed E-state index contributed by atoms with van der Waals surface area (Å²) in [5.41, 5.74) is 8.55. The number of urea groups is 1. The molecule has 7 heteroatoms. The largest absolute Gasteiger partial charge is 0.351 e. The number of nitrogens with one attached hydrogen (secondary N) is 2. The number of nitrogens with two attached hydrogens (primary N) is 1. The molecular weight excluding hydrogens is 359 g/mol. The van der Waals surface area contributed by atoms with Crippen molar-refractivity contribution in [3.8, 4) is 11.1 Å². The van der Waals surface area contributed by atoms with Gasteiger partial charge >= 0.3 is 6.03 Å². The fourth-order valence-corrected chi connectivity index (χ4v) is 3.03. The van der Waals surface area contributed by atoms with Crippen molar-refractivity contribution in [2.75, 3.05) is 5.32 Å². The van der Waals surface area contributed by atoms with Crippen LogP contribution in [0.2, 0.25) is 0 Å². The Morgan fingerprint density at radius 1 is 1.04 bits per heavy atom. The van der Waals surface area contributed by atoms with Crippen LogP contribution in [0.25, 0.3) is 22.2 Å². The lowest BCUT2D eigenvalue weighted by atomic mass is 10.0. The molecule has 2 heterocycles. The van der Waals surface area contributed by atoms with E-state index in [1.807, 2.05) is 6.07 Å². The Hall–Kier alpha value is -4.00. The van der Waals surface area contributed by atoms with Gasteiger partial charge in [-0.05, 0) is 35.9 Å². The van der Waals surface area contributed by atoms with Crippen LogP contribution in [-0.2, 0) is 0 Å². The fraction of sp³-hybridized carbons (Fsp3) is 0. The molecule has 0 spiro atoms. The van der Waals surface area contributed by atoms with Crippen LogP contribution in [0.5, 0.6) is 0 Å². The number of H-pyrrole nitrogens is 1. The topological polar surface area (TPSA) is 101 Å². The smallest absolute Gasteiger partial charge is 0.316 e. The van der Waals surface area contributed by atoms with E-state index in [4.69, 9.17) is 5.73 Å². The Kier molecular flexibility index (Phi) is 4.33. The minimum absolute atomic E-state index is 0.225. The van der Waals surface area contributed by atoms with Crippen molar-refractivity contribution in [3.63, 3.8) is 0 Å². The first kappa shape index (κ1) is 17.4. The van der Waals surface area contributed by atoms with E-state index in [-0.39, 0.29) is 11.6 Å². The molecule has 28 heavy (non-hydrogen) atoms. The molecule has 0 aliphatic heterocycles. The highest BCUT2D eigenvalue weighted by Gasteiger charge is 2.16. The summed E-state index contributed by atoms with van der Waals surface area (Å²) in [5.74, 6) is -0.544. The zero-order valence-electron chi connectivity index (χ0n) is 14.6. The van der Waals surface area contributed by atoms with Crippen molar-refractivity contribution in [3.05, 3.63) is 83.9 Å². The summed E-state index contributed by atoms with van der Waals surface area (Å²) >= 11 is 0. The number of hydrogen-bond acceptors (Lipinski definition) is 3. The molecule has 0 saturated heterocycles. The average Bonchev–Trinajstić information content (AvgIpc) is 3.11. The number of anilines is 1. The SMILES string of the molecule is NC(=O)Nc1cccc(C(=O)c2c[nH]c3ncc(-c4ccc(F)cc4)cc23)c1. The number of primary amides is 1. The number of benzene rings is 2. The molecule has 2 amide bonds. The van der Waals surface area contributed by atoms with Crippen molar-refractivity contribution in [1.82, 2.24) is 9.97 Å². The minimum atomic E-state index is -0.704. The monoisotopic (exact) mass is 374 g/mol. The van der Waals surface area contributed by atoms with Crippen LogP contribution in [0, 0.1) is 5.82 Å². The quantitative estimate of drug-likeness (QED) is 0.469. The summed E-state index contributed by atoms with van der Waals surface area (Å²) in [4.78, 5) is 31.4. The van der Waals surface area contributed by atoms with Crippen molar-refractivity contribution in [2.45, 2.75) is 0 Å². The number of rotatable bonds is 4. The first-order valence-electron chi connectivity index (χ1n) is 8.45. The summed E-state index contributed by atoms with van der Waals surface area (Å²) in [6.07, 6.45) is 3.26. The molecule has 4 rings (SSSR count). The Bertz CT molecular complexity index is 1200. The fourth-order valence-electron chi connectivity index (χ4n) is 3.03. The first-order valence-corrected chi connectivity index (χ1v) is 8.45. The molecule has 4 N–H and O–H groups in total. The van der Waals surface area contributed by atoms with Gasteiger partial charge in [-0.3, -0.25) is 4.79 Å². The highest BCUT2D eigenvalue weighted by Crippen LogP contribution is 2.26. The summed E-state index contributed by atoms with van der Waals surface area (Å²) in [5, 5.41) is 3.11. The zero-order chi connectivity index (χ0) is 19.7. The van der Waals surface area contributed by atoms with Gasteiger partial charge in [0, 0.05) is 40.2 Å². The van der Waals surface area contributed by atoms with Crippen LogP contribution in [0.3, 0.4) is 0 Å². The van der Waals surface area contributed by atoms with Gasteiger partial charge in [-0.1, -0.05) is 24.3 Å². The first-order chi connectivity index (χ1) is 13.5. The number of aromatic nitrogens is 2. The summed E-state index contributed by atoms with van der Waals surface area (Å²) < 4.78 is 13.2. The van der Waals surface area contributed by atoms with Gasteiger partial charge < -0.3 is 16.0 Å². The molecule has 6 nitrogen and oxygen atoms in total. The molecule has 4 aromatic rings. The van der Waals surface area contributed by atoms with Crippen LogP contribution in [-0.4, -0.2) is 21.8 Å². The lowest BCUT2D eigenvalue weighted by Crippen LogP contribution is -2.19. The summed E-state index contributed by atoms with van der Waals surface area (Å²) in [6, 6.07) is 13.7. The van der Waals surface area contributed by atoms with Crippen molar-refractivity contribution < 1.29 is 14.0 Å². The summed E-state index contributed by atoms with van der Waals surface area (Å²) in [7, 11) is 0. The number of amides is 2. The molecule has 0 bridgehead atoms. The molecule has 0 fully saturated rings. The number of halogens is 1. The van der Waals surface area contributed by atoms with Gasteiger partial charge in [-0.2, -0.15) is 0 Å². The van der Waals surface area contributed by atoms with E-state index >= 15 is 0 Å². The van der Waals surface area contributed by atoms with E-state index in [2.05, 4.69) is 15.3 Å². The number of carbonyl (C=O) groups is 2. The number of aromatic amines is 1. The molecule has 0 radical (unpaired) electrons. The maximum absolute atomic E-state index is 13.2. The third-order valence-corrected chi connectivity index (χ3v) is 4.35. The van der Waals surface area contributed by atoms with E-state index in [1.165, 1.54) is 12.1 Å². The van der Waals surface area contributed by atoms with E-state index in [0.29, 0.717) is 27.8 Å². The van der Waals surface area contributed by atoms with E-state index in [9.17, 15) is 14.0 Å². The number of ketones is 1. The molecule has 0 atom stereocenters. The highest BCUT2D eigenvalue weighted by atomic mass is 19.1. The molecule has 0 aliphatic carbocycles. The third kappa shape index (κ3) is 3.33. The number of nitrogens with zero attached hydrogens (tertiary/aromatic N) is 1. The number of fused-ring (bicyclic) bond motifs is 1. The van der Waals surface area contributed by atoms with Gasteiger partial charge in [0.05, 0.1) is 0 Å². The van der Waals surface area contributed by atoms with Crippen molar-refractivity contribution in [2.24, 2.45) is 5.73 Å². The molecule has 0 unspecified atom stereocenters. The maximum Gasteiger partial charge on any atom is 0.316 e. The van der Waals surface area contributed by atoms with E-state index in [0.717, 1.165) is 11.1 Å². The lowest BCUT2D eigenvalue weighted by Gasteiger charge is -2.05. The predicted molar refractivity (Wildman–Crippen MR) is 105 cm³/mol. The maximum atomic E-state index is 13.2. The number of hydrogen-bond donors (Lipinski definition) is 3. The molecule has 2 aromatic heterocycles. The van der Waals surface area contributed by atoms with Gasteiger partial charge in [0.15, 0.2) is 5.78 Å². The van der Waals surface area contributed by atoms with Crippen LogP contribution in [0.4, 0.5) is 14.9 Å². The Morgan fingerprint density at radius 2 is 1.82 bits per heavy atom. The van der Waals surface area contributed by atoms with Crippen LogP contribution in [0.1, 0.15) is 15.9 Å². The second-order valence-electron chi connectivity index (χ2n) is 6.23. The van der Waals surface area contributed by atoms with Gasteiger partial charge in [0.25, 0.3) is 0 Å². The van der Waals surface area contributed by atoms with Crippen molar-refractivity contribution >= 4 is 28.5 Å². The molecule has 138 valence electrons. The van der Waals surface area contributed by atoms with E-state index < -0.39 is 6.03 Å². The number of carbonyl (C=O) groups excluding carboxylic acids is 2. The van der Waals surface area contributed by atoms with Gasteiger partial charge in [-0.25, -0.2) is 14.2 Å². The molecular formula is C21H15FN4O2. The molecule has 0 aliphatic rings.